The van der Waals surface area contributed by atoms with Crippen LogP contribution >= 0.6 is 0 Å². The first kappa shape index (κ1) is 14.9. The molecular weight excluding hydrogens is 252 g/mol. The molecule has 1 aromatic rings. The van der Waals surface area contributed by atoms with Crippen LogP contribution in [-0.2, 0) is 22.5 Å². The minimum absolute atomic E-state index is 0.0955. The second-order valence-corrected chi connectivity index (χ2v) is 5.06. The average molecular weight is 276 g/mol. The highest BCUT2D eigenvalue weighted by molar-refractivity contribution is 5.76. The fraction of sp³-hybridized carbons (Fsp3) is 0.562. The summed E-state index contributed by atoms with van der Waals surface area (Å²) in [5.41, 5.74) is 3.76. The highest BCUT2D eigenvalue weighted by atomic mass is 16.5. The van der Waals surface area contributed by atoms with E-state index in [2.05, 4.69) is 28.8 Å². The summed E-state index contributed by atoms with van der Waals surface area (Å²) in [6, 6.07) is 6.31. The molecule has 4 nitrogen and oxygen atoms in total. The Bertz CT molecular complexity index is 446. The van der Waals surface area contributed by atoms with Gasteiger partial charge in [0.05, 0.1) is 0 Å². The quantitative estimate of drug-likeness (QED) is 0.752. The standard InChI is InChI=1S/C16H24N2O2/c1-2-20-11-5-9-15(19)18-12-14-7-3-6-13-8-4-10-17-16(13)14/h3,6-7,17H,2,4-5,8-12H2,1H3,(H,18,19). The molecule has 110 valence electrons. The summed E-state index contributed by atoms with van der Waals surface area (Å²) in [6.07, 6.45) is 3.62. The number of benzene rings is 1. The number of amides is 1. The molecule has 0 bridgehead atoms. The second kappa shape index (κ2) is 7.90. The van der Waals surface area contributed by atoms with Gasteiger partial charge in [0.25, 0.3) is 0 Å². The largest absolute Gasteiger partial charge is 0.385 e. The monoisotopic (exact) mass is 276 g/mol. The van der Waals surface area contributed by atoms with E-state index in [9.17, 15) is 4.79 Å². The highest BCUT2D eigenvalue weighted by Gasteiger charge is 2.12. The molecule has 0 radical (unpaired) electrons. The number of ether oxygens (including phenoxy) is 1. The fourth-order valence-corrected chi connectivity index (χ4v) is 2.49. The van der Waals surface area contributed by atoms with Crippen molar-refractivity contribution in [2.24, 2.45) is 0 Å². The van der Waals surface area contributed by atoms with E-state index in [0.29, 0.717) is 26.2 Å². The molecule has 1 amide bonds. The number of carbonyl (C=O) groups excluding carboxylic acids is 1. The molecule has 2 rings (SSSR count). The first-order valence-electron chi connectivity index (χ1n) is 7.50. The van der Waals surface area contributed by atoms with Crippen molar-refractivity contribution in [2.75, 3.05) is 25.1 Å². The second-order valence-electron chi connectivity index (χ2n) is 5.06. The van der Waals surface area contributed by atoms with E-state index in [4.69, 9.17) is 4.74 Å². The molecule has 0 saturated carbocycles. The zero-order valence-electron chi connectivity index (χ0n) is 12.2. The summed E-state index contributed by atoms with van der Waals surface area (Å²) >= 11 is 0. The van der Waals surface area contributed by atoms with Gasteiger partial charge in [-0.05, 0) is 37.3 Å². The Labute approximate surface area is 120 Å². The molecule has 2 N–H and O–H groups in total. The lowest BCUT2D eigenvalue weighted by atomic mass is 9.99. The van der Waals surface area contributed by atoms with Crippen LogP contribution in [0.2, 0.25) is 0 Å². The summed E-state index contributed by atoms with van der Waals surface area (Å²) in [5, 5.41) is 6.44. The van der Waals surface area contributed by atoms with Gasteiger partial charge >= 0.3 is 0 Å². The Hall–Kier alpha value is -1.55. The van der Waals surface area contributed by atoms with Crippen molar-refractivity contribution in [3.8, 4) is 0 Å². The van der Waals surface area contributed by atoms with Gasteiger partial charge in [-0.2, -0.15) is 0 Å². The molecule has 1 aliphatic rings. The lowest BCUT2D eigenvalue weighted by molar-refractivity contribution is -0.121. The Balaban J connectivity index is 1.80. The minimum atomic E-state index is 0.0955. The molecule has 0 saturated heterocycles. The number of fused-ring (bicyclic) bond motifs is 1. The molecule has 0 aromatic heterocycles. The van der Waals surface area contributed by atoms with Gasteiger partial charge in [0.15, 0.2) is 0 Å². The van der Waals surface area contributed by atoms with E-state index in [1.807, 2.05) is 6.92 Å². The van der Waals surface area contributed by atoms with Crippen LogP contribution < -0.4 is 10.6 Å². The first-order chi connectivity index (χ1) is 9.81. The summed E-state index contributed by atoms with van der Waals surface area (Å²) in [6.45, 7) is 4.96. The molecule has 0 spiro atoms. The predicted octanol–water partition coefficient (Wildman–Crippen LogP) is 2.48. The zero-order chi connectivity index (χ0) is 14.2. The maximum Gasteiger partial charge on any atom is 0.220 e. The van der Waals surface area contributed by atoms with E-state index in [1.54, 1.807) is 0 Å². The van der Waals surface area contributed by atoms with Crippen molar-refractivity contribution in [1.29, 1.82) is 0 Å². The van der Waals surface area contributed by atoms with Crippen LogP contribution in [0.3, 0.4) is 0 Å². The summed E-state index contributed by atoms with van der Waals surface area (Å²) in [4.78, 5) is 11.8. The highest BCUT2D eigenvalue weighted by Crippen LogP contribution is 2.25. The fourth-order valence-electron chi connectivity index (χ4n) is 2.49. The van der Waals surface area contributed by atoms with Crippen molar-refractivity contribution in [3.05, 3.63) is 29.3 Å². The number of anilines is 1. The lowest BCUT2D eigenvalue weighted by Gasteiger charge is -2.21. The maximum absolute atomic E-state index is 11.8. The Morgan fingerprint density at radius 2 is 2.35 bits per heavy atom. The van der Waals surface area contributed by atoms with Crippen molar-refractivity contribution >= 4 is 11.6 Å². The summed E-state index contributed by atoms with van der Waals surface area (Å²) in [5.74, 6) is 0.0955. The van der Waals surface area contributed by atoms with Gasteiger partial charge in [-0.15, -0.1) is 0 Å². The third kappa shape index (κ3) is 4.23. The molecule has 0 aliphatic carbocycles. The van der Waals surface area contributed by atoms with Crippen molar-refractivity contribution in [1.82, 2.24) is 5.32 Å². The van der Waals surface area contributed by atoms with Crippen molar-refractivity contribution in [2.45, 2.75) is 39.2 Å². The number of rotatable bonds is 7. The number of nitrogens with one attached hydrogen (secondary N) is 2. The average Bonchev–Trinajstić information content (AvgIpc) is 2.49. The minimum Gasteiger partial charge on any atom is -0.385 e. The predicted molar refractivity (Wildman–Crippen MR) is 80.8 cm³/mol. The smallest absolute Gasteiger partial charge is 0.220 e. The van der Waals surface area contributed by atoms with E-state index >= 15 is 0 Å². The lowest BCUT2D eigenvalue weighted by Crippen LogP contribution is -2.24. The zero-order valence-corrected chi connectivity index (χ0v) is 12.2. The van der Waals surface area contributed by atoms with Crippen LogP contribution in [0.15, 0.2) is 18.2 Å². The Morgan fingerprint density at radius 3 is 3.20 bits per heavy atom. The first-order valence-corrected chi connectivity index (χ1v) is 7.50. The van der Waals surface area contributed by atoms with Gasteiger partial charge in [-0.3, -0.25) is 4.79 Å². The SMILES string of the molecule is CCOCCCC(=O)NCc1cccc2c1NCCC2. The van der Waals surface area contributed by atoms with Crippen LogP contribution in [0.25, 0.3) is 0 Å². The van der Waals surface area contributed by atoms with Crippen LogP contribution in [0.5, 0.6) is 0 Å². The van der Waals surface area contributed by atoms with Gasteiger partial charge in [0, 0.05) is 38.4 Å². The molecule has 1 heterocycles. The molecule has 0 fully saturated rings. The summed E-state index contributed by atoms with van der Waals surface area (Å²) < 4.78 is 5.23. The Kier molecular flexibility index (Phi) is 5.87. The van der Waals surface area contributed by atoms with Crippen LogP contribution in [0, 0.1) is 0 Å². The topological polar surface area (TPSA) is 50.4 Å². The van der Waals surface area contributed by atoms with Crippen LogP contribution in [-0.4, -0.2) is 25.7 Å². The molecule has 1 aliphatic heterocycles. The molecular formula is C16H24N2O2. The molecule has 0 atom stereocenters. The number of aryl methyl sites for hydroxylation is 1. The third-order valence-corrected chi connectivity index (χ3v) is 3.53. The van der Waals surface area contributed by atoms with Gasteiger partial charge in [0.1, 0.15) is 0 Å². The van der Waals surface area contributed by atoms with Crippen molar-refractivity contribution < 1.29 is 9.53 Å². The van der Waals surface area contributed by atoms with E-state index < -0.39 is 0 Å². The number of para-hydroxylation sites is 1. The van der Waals surface area contributed by atoms with Crippen LogP contribution in [0.4, 0.5) is 5.69 Å². The van der Waals surface area contributed by atoms with Gasteiger partial charge in [-0.1, -0.05) is 18.2 Å². The van der Waals surface area contributed by atoms with Gasteiger partial charge < -0.3 is 15.4 Å². The van der Waals surface area contributed by atoms with Crippen molar-refractivity contribution in [3.63, 3.8) is 0 Å². The molecule has 0 unspecified atom stereocenters. The molecule has 4 heteroatoms. The normalized spacial score (nSPS) is 13.4. The van der Waals surface area contributed by atoms with Crippen LogP contribution in [0.1, 0.15) is 37.3 Å². The van der Waals surface area contributed by atoms with E-state index in [-0.39, 0.29) is 5.91 Å². The van der Waals surface area contributed by atoms with Gasteiger partial charge in [0.2, 0.25) is 5.91 Å². The molecule has 1 aromatic carbocycles. The van der Waals surface area contributed by atoms with E-state index in [1.165, 1.54) is 23.2 Å². The number of hydrogen-bond donors (Lipinski definition) is 2. The maximum atomic E-state index is 11.8. The number of carbonyl (C=O) groups is 1. The molecule has 20 heavy (non-hydrogen) atoms. The Morgan fingerprint density at radius 1 is 1.45 bits per heavy atom. The third-order valence-electron chi connectivity index (χ3n) is 3.53. The summed E-state index contributed by atoms with van der Waals surface area (Å²) in [7, 11) is 0. The van der Waals surface area contributed by atoms with Gasteiger partial charge in [-0.25, -0.2) is 0 Å². The number of hydrogen-bond acceptors (Lipinski definition) is 3. The van der Waals surface area contributed by atoms with E-state index in [0.717, 1.165) is 19.4 Å².